The van der Waals surface area contributed by atoms with Crippen molar-refractivity contribution in [2.24, 2.45) is 11.8 Å². The smallest absolute Gasteiger partial charge is 0.329 e. The molecule has 0 heterocycles. The molecule has 0 unspecified atom stereocenters. The molecule has 0 amide bonds. The van der Waals surface area contributed by atoms with Gasteiger partial charge in [0.2, 0.25) is 0 Å². The zero-order valence-electron chi connectivity index (χ0n) is 12.6. The number of halogens is 1. The van der Waals surface area contributed by atoms with Gasteiger partial charge in [-0.25, -0.2) is 4.79 Å². The molecule has 0 bridgehead atoms. The number of para-hydroxylation sites is 1. The van der Waals surface area contributed by atoms with Crippen LogP contribution < -0.4 is 5.32 Å². The van der Waals surface area contributed by atoms with Gasteiger partial charge in [0, 0.05) is 10.2 Å². The second kappa shape index (κ2) is 7.11. The van der Waals surface area contributed by atoms with Gasteiger partial charge < -0.3 is 10.4 Å². The maximum Gasteiger partial charge on any atom is 0.329 e. The van der Waals surface area contributed by atoms with Crippen LogP contribution in [0.3, 0.4) is 0 Å². The van der Waals surface area contributed by atoms with Gasteiger partial charge in [-0.2, -0.15) is 0 Å². The Morgan fingerprint density at radius 2 is 1.70 bits per heavy atom. The molecule has 2 N–H and O–H groups in total. The molecule has 0 aromatic heterocycles. The highest BCUT2D eigenvalue weighted by Crippen LogP contribution is 2.32. The van der Waals surface area contributed by atoms with Crippen LogP contribution in [-0.2, 0) is 4.79 Å². The summed E-state index contributed by atoms with van der Waals surface area (Å²) in [6.45, 7) is 8.22. The van der Waals surface area contributed by atoms with Gasteiger partial charge >= 0.3 is 5.97 Å². The maximum atomic E-state index is 11.9. The van der Waals surface area contributed by atoms with Gasteiger partial charge in [0.1, 0.15) is 5.54 Å². The minimum Gasteiger partial charge on any atom is -0.480 e. The van der Waals surface area contributed by atoms with Crippen molar-refractivity contribution in [3.8, 4) is 0 Å². The van der Waals surface area contributed by atoms with E-state index in [0.717, 1.165) is 10.2 Å². The summed E-state index contributed by atoms with van der Waals surface area (Å²) in [6, 6.07) is 7.65. The van der Waals surface area contributed by atoms with Gasteiger partial charge in [-0.3, -0.25) is 0 Å². The van der Waals surface area contributed by atoms with E-state index in [9.17, 15) is 9.90 Å². The molecular weight excluding hydrogens is 318 g/mol. The monoisotopic (exact) mass is 341 g/mol. The van der Waals surface area contributed by atoms with Crippen LogP contribution in [-0.4, -0.2) is 16.6 Å². The lowest BCUT2D eigenvalue weighted by atomic mass is 9.81. The van der Waals surface area contributed by atoms with E-state index in [1.807, 2.05) is 24.3 Å². The summed E-state index contributed by atoms with van der Waals surface area (Å²) in [7, 11) is 0. The van der Waals surface area contributed by atoms with Gasteiger partial charge in [0.05, 0.1) is 0 Å². The van der Waals surface area contributed by atoms with E-state index in [2.05, 4.69) is 48.9 Å². The lowest BCUT2D eigenvalue weighted by Crippen LogP contribution is -2.48. The molecule has 0 saturated heterocycles. The minimum atomic E-state index is -0.924. The fraction of sp³-hybridized carbons (Fsp3) is 0.562. The van der Waals surface area contributed by atoms with E-state index in [1.54, 1.807) is 0 Å². The highest BCUT2D eigenvalue weighted by molar-refractivity contribution is 9.10. The molecule has 0 fully saturated rings. The lowest BCUT2D eigenvalue weighted by molar-refractivity contribution is -0.143. The van der Waals surface area contributed by atoms with Crippen LogP contribution in [0.5, 0.6) is 0 Å². The average Bonchev–Trinajstić information content (AvgIpc) is 2.30. The molecule has 0 aliphatic heterocycles. The Morgan fingerprint density at radius 1 is 1.20 bits per heavy atom. The van der Waals surface area contributed by atoms with E-state index < -0.39 is 11.5 Å². The van der Waals surface area contributed by atoms with Crippen LogP contribution in [0, 0.1) is 11.8 Å². The zero-order chi connectivity index (χ0) is 15.3. The first kappa shape index (κ1) is 17.0. The Kier molecular flexibility index (Phi) is 6.06. The van der Waals surface area contributed by atoms with Crippen LogP contribution in [0.25, 0.3) is 0 Å². The summed E-state index contributed by atoms with van der Waals surface area (Å²) < 4.78 is 0.887. The summed E-state index contributed by atoms with van der Waals surface area (Å²) in [5.41, 5.74) is -0.0946. The molecule has 0 spiro atoms. The maximum absolute atomic E-state index is 11.9. The Labute approximate surface area is 129 Å². The van der Waals surface area contributed by atoms with E-state index in [1.165, 1.54) is 0 Å². The number of hydrogen-bond acceptors (Lipinski definition) is 2. The van der Waals surface area contributed by atoms with Crippen molar-refractivity contribution in [2.75, 3.05) is 5.32 Å². The van der Waals surface area contributed by atoms with Gasteiger partial charge in [0.25, 0.3) is 0 Å². The standard InChI is InChI=1S/C16H24BrNO2/c1-11(2)9-16(15(19)20,10-12(3)4)18-14-8-6-5-7-13(14)17/h5-8,11-12,18H,9-10H2,1-4H3,(H,19,20). The first-order valence-electron chi connectivity index (χ1n) is 7.03. The molecule has 0 aliphatic rings. The van der Waals surface area contributed by atoms with E-state index in [-0.39, 0.29) is 0 Å². The lowest BCUT2D eigenvalue weighted by Gasteiger charge is -2.35. The number of anilines is 1. The first-order chi connectivity index (χ1) is 9.27. The van der Waals surface area contributed by atoms with Crippen LogP contribution in [0.2, 0.25) is 0 Å². The summed E-state index contributed by atoms with van der Waals surface area (Å²) >= 11 is 3.48. The van der Waals surface area contributed by atoms with Crippen molar-refractivity contribution in [3.05, 3.63) is 28.7 Å². The van der Waals surface area contributed by atoms with Crippen LogP contribution in [0.1, 0.15) is 40.5 Å². The molecular formula is C16H24BrNO2. The third-order valence-electron chi connectivity index (χ3n) is 3.17. The largest absolute Gasteiger partial charge is 0.480 e. The molecule has 0 aliphatic carbocycles. The van der Waals surface area contributed by atoms with Crippen molar-refractivity contribution < 1.29 is 9.90 Å². The summed E-state index contributed by atoms with van der Waals surface area (Å²) in [6.07, 6.45) is 1.20. The van der Waals surface area contributed by atoms with Crippen LogP contribution in [0.4, 0.5) is 5.69 Å². The van der Waals surface area contributed by atoms with E-state index in [4.69, 9.17) is 0 Å². The molecule has 3 nitrogen and oxygen atoms in total. The van der Waals surface area contributed by atoms with Gasteiger partial charge in [-0.1, -0.05) is 39.8 Å². The van der Waals surface area contributed by atoms with Crippen molar-refractivity contribution in [1.82, 2.24) is 0 Å². The van der Waals surface area contributed by atoms with Crippen molar-refractivity contribution >= 4 is 27.6 Å². The second-order valence-electron chi connectivity index (χ2n) is 6.19. The quantitative estimate of drug-likeness (QED) is 0.750. The highest BCUT2D eigenvalue weighted by atomic mass is 79.9. The van der Waals surface area contributed by atoms with Crippen LogP contribution >= 0.6 is 15.9 Å². The minimum absolute atomic E-state index is 0.305. The number of aliphatic carboxylic acids is 1. The van der Waals surface area contributed by atoms with Gasteiger partial charge in [-0.05, 0) is 52.7 Å². The molecule has 0 saturated carbocycles. The van der Waals surface area contributed by atoms with Gasteiger partial charge in [0.15, 0.2) is 0 Å². The number of nitrogens with one attached hydrogen (secondary N) is 1. The number of carboxylic acids is 1. The topological polar surface area (TPSA) is 49.3 Å². The average molecular weight is 342 g/mol. The number of carbonyl (C=O) groups is 1. The molecule has 4 heteroatoms. The highest BCUT2D eigenvalue weighted by Gasteiger charge is 2.39. The first-order valence-corrected chi connectivity index (χ1v) is 7.82. The van der Waals surface area contributed by atoms with E-state index in [0.29, 0.717) is 24.7 Å². The molecule has 0 radical (unpaired) electrons. The van der Waals surface area contributed by atoms with Crippen molar-refractivity contribution in [2.45, 2.75) is 46.1 Å². The Hall–Kier alpha value is -1.03. The van der Waals surface area contributed by atoms with Crippen molar-refractivity contribution in [1.29, 1.82) is 0 Å². The fourth-order valence-electron chi connectivity index (χ4n) is 2.63. The molecule has 20 heavy (non-hydrogen) atoms. The Morgan fingerprint density at radius 3 is 2.10 bits per heavy atom. The molecule has 1 aromatic rings. The molecule has 1 rings (SSSR count). The fourth-order valence-corrected chi connectivity index (χ4v) is 3.01. The van der Waals surface area contributed by atoms with E-state index >= 15 is 0 Å². The number of hydrogen-bond donors (Lipinski definition) is 2. The predicted octanol–water partition coefficient (Wildman–Crippen LogP) is 4.78. The third-order valence-corrected chi connectivity index (χ3v) is 3.86. The normalized spacial score (nSPS) is 11.9. The zero-order valence-corrected chi connectivity index (χ0v) is 14.2. The Bertz CT molecular complexity index is 448. The third kappa shape index (κ3) is 4.51. The second-order valence-corrected chi connectivity index (χ2v) is 7.04. The van der Waals surface area contributed by atoms with Crippen molar-refractivity contribution in [3.63, 3.8) is 0 Å². The van der Waals surface area contributed by atoms with Crippen LogP contribution in [0.15, 0.2) is 28.7 Å². The summed E-state index contributed by atoms with van der Waals surface area (Å²) in [4.78, 5) is 11.9. The summed E-state index contributed by atoms with van der Waals surface area (Å²) in [5.74, 6) is -0.171. The van der Waals surface area contributed by atoms with Gasteiger partial charge in [-0.15, -0.1) is 0 Å². The number of benzene rings is 1. The summed E-state index contributed by atoms with van der Waals surface area (Å²) in [5, 5.41) is 13.1. The Balaban J connectivity index is 3.14. The molecule has 0 atom stereocenters. The molecule has 1 aromatic carbocycles. The molecule has 112 valence electrons. The SMILES string of the molecule is CC(C)CC(CC(C)C)(Nc1ccccc1Br)C(=O)O. The predicted molar refractivity (Wildman–Crippen MR) is 87.0 cm³/mol. The number of rotatable bonds is 7. The number of carboxylic acid groups (broad SMARTS) is 1.